The van der Waals surface area contributed by atoms with Gasteiger partial charge in [-0.15, -0.1) is 0 Å². The van der Waals surface area contributed by atoms with E-state index in [4.69, 9.17) is 14.2 Å². The topological polar surface area (TPSA) is 56.8 Å². The van der Waals surface area contributed by atoms with Crippen molar-refractivity contribution < 1.29 is 19.0 Å². The van der Waals surface area contributed by atoms with Gasteiger partial charge in [0.15, 0.2) is 17.6 Å². The van der Waals surface area contributed by atoms with Crippen LogP contribution in [-0.2, 0) is 11.2 Å². The molecule has 0 radical (unpaired) electrons. The van der Waals surface area contributed by atoms with E-state index in [2.05, 4.69) is 12.2 Å². The van der Waals surface area contributed by atoms with Crippen LogP contribution in [0.5, 0.6) is 17.2 Å². The quantitative estimate of drug-likeness (QED) is 0.785. The van der Waals surface area contributed by atoms with Crippen LogP contribution >= 0.6 is 0 Å². The van der Waals surface area contributed by atoms with Crippen LogP contribution in [0.1, 0.15) is 25.8 Å². The van der Waals surface area contributed by atoms with E-state index in [1.165, 1.54) is 5.56 Å². The Morgan fingerprint density at radius 2 is 1.68 bits per heavy atom. The van der Waals surface area contributed by atoms with Gasteiger partial charge >= 0.3 is 0 Å². The summed E-state index contributed by atoms with van der Waals surface area (Å²) in [5, 5.41) is 2.86. The molecule has 0 saturated carbocycles. The predicted octanol–water partition coefficient (Wildman–Crippen LogP) is 4.06. The molecule has 5 nitrogen and oxygen atoms in total. The largest absolute Gasteiger partial charge is 0.493 e. The lowest BCUT2D eigenvalue weighted by Gasteiger charge is -2.18. The van der Waals surface area contributed by atoms with Gasteiger partial charge in [0.25, 0.3) is 5.91 Å². The lowest BCUT2D eigenvalue weighted by Crippen LogP contribution is -2.32. The zero-order valence-corrected chi connectivity index (χ0v) is 15.2. The second-order valence-electron chi connectivity index (χ2n) is 5.57. The summed E-state index contributed by atoms with van der Waals surface area (Å²) in [5.74, 6) is 1.66. The molecule has 2 rings (SSSR count). The molecule has 0 aromatic heterocycles. The molecule has 1 atom stereocenters. The summed E-state index contributed by atoms with van der Waals surface area (Å²) >= 11 is 0. The van der Waals surface area contributed by atoms with Gasteiger partial charge in [0.1, 0.15) is 5.75 Å². The van der Waals surface area contributed by atoms with Gasteiger partial charge in [-0.2, -0.15) is 0 Å². The van der Waals surface area contributed by atoms with Gasteiger partial charge in [0.05, 0.1) is 14.2 Å². The van der Waals surface area contributed by atoms with Crippen molar-refractivity contribution >= 4 is 11.6 Å². The predicted molar refractivity (Wildman–Crippen MR) is 98.7 cm³/mol. The van der Waals surface area contributed by atoms with Crippen LogP contribution < -0.4 is 19.5 Å². The fourth-order valence-electron chi connectivity index (χ4n) is 2.43. The number of hydrogen-bond acceptors (Lipinski definition) is 4. The maximum Gasteiger partial charge on any atom is 0.265 e. The SMILES string of the molecule is CCc1ccc(OC(CC)C(=O)Nc2ccc(OC)c(OC)c2)cc1. The average molecular weight is 343 g/mol. The van der Waals surface area contributed by atoms with Crippen LogP contribution in [-0.4, -0.2) is 26.2 Å². The molecular weight excluding hydrogens is 318 g/mol. The van der Waals surface area contributed by atoms with Crippen LogP contribution in [0.2, 0.25) is 0 Å². The highest BCUT2D eigenvalue weighted by Gasteiger charge is 2.19. The van der Waals surface area contributed by atoms with Gasteiger partial charge in [0.2, 0.25) is 0 Å². The highest BCUT2D eigenvalue weighted by atomic mass is 16.5. The van der Waals surface area contributed by atoms with Gasteiger partial charge in [-0.3, -0.25) is 4.79 Å². The smallest absolute Gasteiger partial charge is 0.265 e. The zero-order valence-electron chi connectivity index (χ0n) is 15.2. The molecule has 1 amide bonds. The van der Waals surface area contributed by atoms with Crippen molar-refractivity contribution in [3.05, 3.63) is 48.0 Å². The first-order valence-corrected chi connectivity index (χ1v) is 8.39. The Morgan fingerprint density at radius 3 is 2.24 bits per heavy atom. The molecular formula is C20H25NO4. The third-order valence-corrected chi connectivity index (χ3v) is 3.92. The van der Waals surface area contributed by atoms with E-state index in [0.29, 0.717) is 29.4 Å². The first kappa shape index (κ1) is 18.6. The summed E-state index contributed by atoms with van der Waals surface area (Å²) in [5.41, 5.74) is 1.86. The molecule has 134 valence electrons. The van der Waals surface area contributed by atoms with Crippen molar-refractivity contribution in [1.82, 2.24) is 0 Å². The second-order valence-corrected chi connectivity index (χ2v) is 5.57. The Morgan fingerprint density at radius 1 is 1.00 bits per heavy atom. The standard InChI is InChI=1S/C20H25NO4/c1-5-14-7-10-16(11-8-14)25-17(6-2)20(22)21-15-9-12-18(23-3)19(13-15)24-4/h7-13,17H,5-6H2,1-4H3,(H,21,22). The second kappa shape index (κ2) is 8.97. The van der Waals surface area contributed by atoms with Gasteiger partial charge in [-0.05, 0) is 42.7 Å². The monoisotopic (exact) mass is 343 g/mol. The summed E-state index contributed by atoms with van der Waals surface area (Å²) in [4.78, 5) is 12.5. The highest BCUT2D eigenvalue weighted by molar-refractivity contribution is 5.94. The van der Waals surface area contributed by atoms with E-state index in [1.54, 1.807) is 32.4 Å². The third kappa shape index (κ3) is 4.89. The van der Waals surface area contributed by atoms with Crippen molar-refractivity contribution in [2.24, 2.45) is 0 Å². The summed E-state index contributed by atoms with van der Waals surface area (Å²) in [6, 6.07) is 13.0. The number of carbonyl (C=O) groups excluding carboxylic acids is 1. The summed E-state index contributed by atoms with van der Waals surface area (Å²) in [7, 11) is 3.13. The van der Waals surface area contributed by atoms with Crippen molar-refractivity contribution in [3.8, 4) is 17.2 Å². The Labute approximate surface area is 148 Å². The number of carbonyl (C=O) groups is 1. The molecule has 2 aromatic carbocycles. The molecule has 0 saturated heterocycles. The maximum atomic E-state index is 12.5. The van der Waals surface area contributed by atoms with E-state index in [1.807, 2.05) is 31.2 Å². The van der Waals surface area contributed by atoms with Gasteiger partial charge in [-0.1, -0.05) is 26.0 Å². The Bertz CT molecular complexity index is 697. The van der Waals surface area contributed by atoms with E-state index in [0.717, 1.165) is 6.42 Å². The average Bonchev–Trinajstić information content (AvgIpc) is 2.66. The van der Waals surface area contributed by atoms with Crippen LogP contribution in [0.3, 0.4) is 0 Å². The number of ether oxygens (including phenoxy) is 3. The van der Waals surface area contributed by atoms with Crippen molar-refractivity contribution in [2.45, 2.75) is 32.8 Å². The van der Waals surface area contributed by atoms with Crippen LogP contribution in [0, 0.1) is 0 Å². The van der Waals surface area contributed by atoms with Crippen molar-refractivity contribution in [1.29, 1.82) is 0 Å². The van der Waals surface area contributed by atoms with Crippen molar-refractivity contribution in [3.63, 3.8) is 0 Å². The molecule has 1 N–H and O–H groups in total. The normalized spacial score (nSPS) is 11.5. The van der Waals surface area contributed by atoms with Gasteiger partial charge < -0.3 is 19.5 Å². The number of nitrogens with one attached hydrogen (secondary N) is 1. The molecule has 5 heteroatoms. The number of benzene rings is 2. The van der Waals surface area contributed by atoms with Crippen molar-refractivity contribution in [2.75, 3.05) is 19.5 Å². The molecule has 1 unspecified atom stereocenters. The van der Waals surface area contributed by atoms with E-state index in [-0.39, 0.29) is 5.91 Å². The molecule has 0 aliphatic heterocycles. The molecule has 25 heavy (non-hydrogen) atoms. The molecule has 0 aliphatic rings. The maximum absolute atomic E-state index is 12.5. The number of aryl methyl sites for hydroxylation is 1. The van der Waals surface area contributed by atoms with Crippen LogP contribution in [0.25, 0.3) is 0 Å². The van der Waals surface area contributed by atoms with Crippen LogP contribution in [0.4, 0.5) is 5.69 Å². The molecule has 0 aliphatic carbocycles. The minimum absolute atomic E-state index is 0.200. The first-order valence-electron chi connectivity index (χ1n) is 8.39. The summed E-state index contributed by atoms with van der Waals surface area (Å²) in [6.45, 7) is 4.01. The van der Waals surface area contributed by atoms with Crippen LogP contribution in [0.15, 0.2) is 42.5 Å². The third-order valence-electron chi connectivity index (χ3n) is 3.92. The Balaban J connectivity index is 2.06. The Hall–Kier alpha value is -2.69. The molecule has 0 bridgehead atoms. The first-order chi connectivity index (χ1) is 12.1. The fourth-order valence-corrected chi connectivity index (χ4v) is 2.43. The van der Waals surface area contributed by atoms with E-state index < -0.39 is 6.10 Å². The lowest BCUT2D eigenvalue weighted by molar-refractivity contribution is -0.122. The van der Waals surface area contributed by atoms with E-state index in [9.17, 15) is 4.79 Å². The number of methoxy groups -OCH3 is 2. The summed E-state index contributed by atoms with van der Waals surface area (Å²) in [6.07, 6.45) is 0.965. The minimum Gasteiger partial charge on any atom is -0.493 e. The Kier molecular flexibility index (Phi) is 6.69. The highest BCUT2D eigenvalue weighted by Crippen LogP contribution is 2.30. The molecule has 0 heterocycles. The molecule has 2 aromatic rings. The fraction of sp³-hybridized carbons (Fsp3) is 0.350. The molecule has 0 fully saturated rings. The zero-order chi connectivity index (χ0) is 18.2. The van der Waals surface area contributed by atoms with Gasteiger partial charge in [-0.25, -0.2) is 0 Å². The summed E-state index contributed by atoms with van der Waals surface area (Å²) < 4.78 is 16.3. The van der Waals surface area contributed by atoms with E-state index >= 15 is 0 Å². The van der Waals surface area contributed by atoms with Gasteiger partial charge in [0, 0.05) is 11.8 Å². The number of hydrogen-bond donors (Lipinski definition) is 1. The lowest BCUT2D eigenvalue weighted by atomic mass is 10.1. The number of amides is 1. The number of rotatable bonds is 8. The minimum atomic E-state index is -0.569. The molecule has 0 spiro atoms. The number of anilines is 1.